The lowest BCUT2D eigenvalue weighted by Crippen LogP contribution is -2.13. The van der Waals surface area contributed by atoms with Gasteiger partial charge in [0.1, 0.15) is 17.5 Å². The Labute approximate surface area is 99.6 Å². The molecule has 1 N–H and O–H groups in total. The zero-order valence-corrected chi connectivity index (χ0v) is 9.75. The molecule has 1 aromatic rings. The van der Waals surface area contributed by atoms with E-state index in [0.717, 1.165) is 0 Å². The molecule has 4 nitrogen and oxygen atoms in total. The lowest BCUT2D eigenvalue weighted by molar-refractivity contribution is -0.115. The molecule has 0 saturated heterocycles. The zero-order chi connectivity index (χ0) is 12.0. The Morgan fingerprint density at radius 2 is 2.38 bits per heavy atom. The fourth-order valence-electron chi connectivity index (χ4n) is 1.23. The second kappa shape index (κ2) is 6.03. The van der Waals surface area contributed by atoms with Gasteiger partial charge in [0.2, 0.25) is 5.91 Å². The molecule has 0 radical (unpaired) electrons. The quantitative estimate of drug-likeness (QED) is 0.784. The summed E-state index contributed by atoms with van der Waals surface area (Å²) in [5.74, 6) is 0.755. The molecule has 16 heavy (non-hydrogen) atoms. The number of para-hydroxylation sites is 1. The molecule has 0 aliphatic heterocycles. The highest BCUT2D eigenvalue weighted by atomic mass is 32.1. The topological polar surface area (TPSA) is 62.1 Å². The van der Waals surface area contributed by atoms with Gasteiger partial charge in [0.25, 0.3) is 0 Å². The van der Waals surface area contributed by atoms with E-state index < -0.39 is 0 Å². The van der Waals surface area contributed by atoms with Gasteiger partial charge in [0, 0.05) is 6.42 Å². The van der Waals surface area contributed by atoms with Crippen molar-refractivity contribution in [2.45, 2.75) is 6.42 Å². The summed E-state index contributed by atoms with van der Waals surface area (Å²) < 4.78 is 5.08. The Morgan fingerprint density at radius 1 is 1.62 bits per heavy atom. The Morgan fingerprint density at radius 3 is 2.94 bits per heavy atom. The van der Waals surface area contributed by atoms with Crippen LogP contribution in [-0.4, -0.2) is 18.8 Å². The number of hydrogen-bond acceptors (Lipinski definition) is 4. The zero-order valence-electron chi connectivity index (χ0n) is 8.86. The lowest BCUT2D eigenvalue weighted by atomic mass is 10.1. The Bertz CT molecular complexity index is 426. The van der Waals surface area contributed by atoms with E-state index in [-0.39, 0.29) is 5.91 Å². The highest BCUT2D eigenvalue weighted by molar-refractivity contribution is 7.80. The number of nitriles is 1. The van der Waals surface area contributed by atoms with Crippen molar-refractivity contribution < 1.29 is 9.53 Å². The van der Waals surface area contributed by atoms with Crippen LogP contribution in [0.1, 0.15) is 12.0 Å². The summed E-state index contributed by atoms with van der Waals surface area (Å²) in [6, 6.07) is 7.02. The number of benzene rings is 1. The van der Waals surface area contributed by atoms with Crippen LogP contribution in [0, 0.1) is 11.3 Å². The number of anilines is 1. The molecular formula is C11H12N2O2S. The monoisotopic (exact) mass is 236 g/mol. The number of methoxy groups -OCH3 is 1. The van der Waals surface area contributed by atoms with E-state index in [2.05, 4.69) is 17.9 Å². The van der Waals surface area contributed by atoms with E-state index in [0.29, 0.717) is 29.2 Å². The first-order chi connectivity index (χ1) is 7.72. The van der Waals surface area contributed by atoms with Crippen LogP contribution in [0.2, 0.25) is 0 Å². The predicted molar refractivity (Wildman–Crippen MR) is 64.8 cm³/mol. The third-order valence-corrected chi connectivity index (χ3v) is 2.19. The van der Waals surface area contributed by atoms with Gasteiger partial charge >= 0.3 is 0 Å². The Balaban J connectivity index is 3.01. The van der Waals surface area contributed by atoms with Crippen molar-refractivity contribution in [3.8, 4) is 11.8 Å². The van der Waals surface area contributed by atoms with Crippen molar-refractivity contribution in [1.82, 2.24) is 0 Å². The smallest absolute Gasteiger partial charge is 0.225 e. The largest absolute Gasteiger partial charge is 0.495 e. The summed E-state index contributed by atoms with van der Waals surface area (Å²) in [6.45, 7) is 0. The van der Waals surface area contributed by atoms with Crippen LogP contribution in [0.4, 0.5) is 5.69 Å². The maximum atomic E-state index is 11.4. The van der Waals surface area contributed by atoms with Crippen LogP contribution in [0.3, 0.4) is 0 Å². The summed E-state index contributed by atoms with van der Waals surface area (Å²) in [5, 5.41) is 11.6. The maximum Gasteiger partial charge on any atom is 0.225 e. The minimum absolute atomic E-state index is 0.184. The van der Waals surface area contributed by atoms with Crippen LogP contribution in [0.15, 0.2) is 18.2 Å². The first kappa shape index (κ1) is 12.4. The number of carbonyl (C=O) groups excluding carboxylic acids is 1. The van der Waals surface area contributed by atoms with Gasteiger partial charge < -0.3 is 10.1 Å². The van der Waals surface area contributed by atoms with Crippen molar-refractivity contribution in [2.75, 3.05) is 18.2 Å². The summed E-state index contributed by atoms with van der Waals surface area (Å²) in [6.07, 6.45) is 0.298. The summed E-state index contributed by atoms with van der Waals surface area (Å²) in [5.41, 5.74) is 0.797. The predicted octanol–water partition coefficient (Wildman–Crippen LogP) is 1.83. The van der Waals surface area contributed by atoms with E-state index in [1.807, 2.05) is 6.07 Å². The first-order valence-corrected chi connectivity index (χ1v) is 5.34. The number of hydrogen-bond donors (Lipinski definition) is 2. The van der Waals surface area contributed by atoms with E-state index in [9.17, 15) is 4.79 Å². The number of nitrogens with one attached hydrogen (secondary N) is 1. The molecule has 0 aliphatic rings. The molecule has 0 heterocycles. The van der Waals surface area contributed by atoms with Gasteiger partial charge in [-0.05, 0) is 17.9 Å². The fraction of sp³-hybridized carbons (Fsp3) is 0.273. The SMILES string of the molecule is COc1cccc(C#N)c1NC(=O)CCS. The standard InChI is InChI=1S/C11H12N2O2S/c1-15-9-4-2-3-8(7-12)11(9)13-10(14)5-6-16/h2-4,16H,5-6H2,1H3,(H,13,14). The van der Waals surface area contributed by atoms with Crippen LogP contribution in [0.25, 0.3) is 0 Å². The minimum Gasteiger partial charge on any atom is -0.495 e. The lowest BCUT2D eigenvalue weighted by Gasteiger charge is -2.10. The molecule has 0 bridgehead atoms. The third kappa shape index (κ3) is 2.91. The van der Waals surface area contributed by atoms with E-state index >= 15 is 0 Å². The molecule has 0 unspecified atom stereocenters. The molecule has 0 aliphatic carbocycles. The van der Waals surface area contributed by atoms with Crippen LogP contribution in [-0.2, 0) is 4.79 Å². The number of rotatable bonds is 4. The normalized spacial score (nSPS) is 9.31. The summed E-state index contributed by atoms with van der Waals surface area (Å²) in [7, 11) is 1.49. The maximum absolute atomic E-state index is 11.4. The number of nitrogens with zero attached hydrogens (tertiary/aromatic N) is 1. The fourth-order valence-corrected chi connectivity index (χ4v) is 1.43. The molecule has 1 rings (SSSR count). The highest BCUT2D eigenvalue weighted by Crippen LogP contribution is 2.27. The average molecular weight is 236 g/mol. The number of ether oxygens (including phenoxy) is 1. The number of carbonyl (C=O) groups is 1. The van der Waals surface area contributed by atoms with Gasteiger partial charge in [-0.1, -0.05) is 6.07 Å². The molecule has 1 amide bonds. The Kier molecular flexibility index (Phi) is 4.67. The van der Waals surface area contributed by atoms with E-state index in [1.165, 1.54) is 7.11 Å². The Hall–Kier alpha value is -1.67. The van der Waals surface area contributed by atoms with Gasteiger partial charge in [0.15, 0.2) is 0 Å². The second-order valence-electron chi connectivity index (χ2n) is 3.02. The van der Waals surface area contributed by atoms with Gasteiger partial charge in [-0.15, -0.1) is 0 Å². The van der Waals surface area contributed by atoms with Gasteiger partial charge in [0.05, 0.1) is 12.7 Å². The minimum atomic E-state index is -0.184. The molecule has 0 saturated carbocycles. The molecule has 84 valence electrons. The van der Waals surface area contributed by atoms with Crippen molar-refractivity contribution in [3.05, 3.63) is 23.8 Å². The van der Waals surface area contributed by atoms with E-state index in [4.69, 9.17) is 10.00 Å². The van der Waals surface area contributed by atoms with Gasteiger partial charge in [-0.25, -0.2) is 0 Å². The van der Waals surface area contributed by atoms with Crippen molar-refractivity contribution in [1.29, 1.82) is 5.26 Å². The second-order valence-corrected chi connectivity index (χ2v) is 3.46. The molecule has 5 heteroatoms. The van der Waals surface area contributed by atoms with E-state index in [1.54, 1.807) is 18.2 Å². The molecule has 1 aromatic carbocycles. The third-order valence-electron chi connectivity index (χ3n) is 1.97. The number of amides is 1. The van der Waals surface area contributed by atoms with Crippen LogP contribution in [0.5, 0.6) is 5.75 Å². The molecule has 0 aromatic heterocycles. The van der Waals surface area contributed by atoms with Crippen LogP contribution >= 0.6 is 12.6 Å². The van der Waals surface area contributed by atoms with Gasteiger partial charge in [-0.2, -0.15) is 17.9 Å². The summed E-state index contributed by atoms with van der Waals surface area (Å²) in [4.78, 5) is 11.4. The highest BCUT2D eigenvalue weighted by Gasteiger charge is 2.11. The average Bonchev–Trinajstić information content (AvgIpc) is 2.29. The van der Waals surface area contributed by atoms with Crippen LogP contribution < -0.4 is 10.1 Å². The number of thiol groups is 1. The molecule has 0 atom stereocenters. The summed E-state index contributed by atoms with van der Waals surface area (Å²) >= 11 is 3.97. The molecule has 0 fully saturated rings. The van der Waals surface area contributed by atoms with Crippen molar-refractivity contribution in [2.24, 2.45) is 0 Å². The van der Waals surface area contributed by atoms with Gasteiger partial charge in [-0.3, -0.25) is 4.79 Å². The molecular weight excluding hydrogens is 224 g/mol. The van der Waals surface area contributed by atoms with Crippen molar-refractivity contribution in [3.63, 3.8) is 0 Å². The van der Waals surface area contributed by atoms with Crippen molar-refractivity contribution >= 4 is 24.2 Å². The first-order valence-electron chi connectivity index (χ1n) is 4.70. The molecule has 0 spiro atoms.